The number of nitrogens with zero attached hydrogens (tertiary/aromatic N) is 7. The van der Waals surface area contributed by atoms with Crippen LogP contribution in [0.1, 0.15) is 62.5 Å². The molecule has 1 saturated heterocycles. The Bertz CT molecular complexity index is 1240. The number of ether oxygens (including phenoxy) is 1. The molecule has 2 unspecified atom stereocenters. The molecular weight excluding hydrogens is 458 g/mol. The molecule has 2 aliphatic rings. The van der Waals surface area contributed by atoms with Gasteiger partial charge in [-0.3, -0.25) is 4.79 Å². The van der Waals surface area contributed by atoms with Gasteiger partial charge in [0.05, 0.1) is 28.7 Å². The van der Waals surface area contributed by atoms with E-state index in [9.17, 15) is 9.90 Å². The zero-order chi connectivity index (χ0) is 25.2. The van der Waals surface area contributed by atoms with Gasteiger partial charge >= 0.3 is 12.0 Å². The van der Waals surface area contributed by atoms with Crippen LogP contribution in [0, 0.1) is 11.8 Å². The third-order valence-corrected chi connectivity index (χ3v) is 7.65. The zero-order valence-corrected chi connectivity index (χ0v) is 21.1. The van der Waals surface area contributed by atoms with Crippen LogP contribution < -0.4 is 9.64 Å². The summed E-state index contributed by atoms with van der Waals surface area (Å²) in [5, 5.41) is 18.0. The third-order valence-electron chi connectivity index (χ3n) is 7.65. The van der Waals surface area contributed by atoms with Crippen molar-refractivity contribution >= 4 is 11.7 Å². The summed E-state index contributed by atoms with van der Waals surface area (Å²) in [6.45, 7) is 5.67. The van der Waals surface area contributed by atoms with Crippen LogP contribution in [-0.4, -0.2) is 54.1 Å². The average molecular weight is 492 g/mol. The second kappa shape index (κ2) is 10.2. The predicted molar refractivity (Wildman–Crippen MR) is 134 cm³/mol. The first-order valence-corrected chi connectivity index (χ1v) is 12.8. The second-order valence-corrected chi connectivity index (χ2v) is 9.83. The largest absolute Gasteiger partial charge is 0.481 e. The second-order valence-electron chi connectivity index (χ2n) is 9.83. The first kappa shape index (κ1) is 24.1. The SMILES string of the molecule is CCc1nc(-c2nnn(C)c2COc2nccc(C3CCC3)n2)ccc1N1CCC(C(C)C(=O)O)C1. The van der Waals surface area contributed by atoms with Crippen molar-refractivity contribution in [2.75, 3.05) is 18.0 Å². The number of carbonyl (C=O) groups is 1. The van der Waals surface area contributed by atoms with Gasteiger partial charge in [-0.15, -0.1) is 5.10 Å². The summed E-state index contributed by atoms with van der Waals surface area (Å²) in [6.07, 6.45) is 6.97. The van der Waals surface area contributed by atoms with Crippen LogP contribution in [-0.2, 0) is 24.9 Å². The monoisotopic (exact) mass is 491 g/mol. The number of aromatic nitrogens is 6. The minimum Gasteiger partial charge on any atom is -0.481 e. The van der Waals surface area contributed by atoms with E-state index in [1.165, 1.54) is 19.3 Å². The standard InChI is InChI=1S/C26H33N7O3/c1-4-19-22(33-13-11-18(14-33)16(2)25(34)35)9-8-21(28-19)24-23(32(3)31-30-24)15-36-26-27-12-10-20(29-26)17-6-5-7-17/h8-10,12,16-18H,4-7,11,13-15H2,1-3H3,(H,34,35). The van der Waals surface area contributed by atoms with E-state index < -0.39 is 5.97 Å². The van der Waals surface area contributed by atoms with Gasteiger partial charge in [0.1, 0.15) is 18.0 Å². The molecule has 1 aliphatic carbocycles. The molecule has 0 spiro atoms. The van der Waals surface area contributed by atoms with E-state index in [2.05, 4.69) is 38.2 Å². The number of anilines is 1. The van der Waals surface area contributed by atoms with E-state index in [0.29, 0.717) is 17.6 Å². The molecule has 1 saturated carbocycles. The van der Waals surface area contributed by atoms with E-state index in [1.807, 2.05) is 19.2 Å². The number of pyridine rings is 1. The highest BCUT2D eigenvalue weighted by molar-refractivity contribution is 5.70. The predicted octanol–water partition coefficient (Wildman–Crippen LogP) is 3.62. The molecule has 2 fully saturated rings. The van der Waals surface area contributed by atoms with E-state index in [1.54, 1.807) is 17.8 Å². The molecule has 3 aromatic rings. The lowest BCUT2D eigenvalue weighted by molar-refractivity contribution is -0.142. The number of carboxylic acid groups (broad SMARTS) is 1. The van der Waals surface area contributed by atoms with Crippen LogP contribution in [0.2, 0.25) is 0 Å². The van der Waals surface area contributed by atoms with Crippen molar-refractivity contribution in [2.45, 2.75) is 58.5 Å². The average Bonchev–Trinajstić information content (AvgIpc) is 3.48. The number of aliphatic carboxylic acids is 1. The summed E-state index contributed by atoms with van der Waals surface area (Å²) in [4.78, 5) is 27.5. The topological polar surface area (TPSA) is 119 Å². The van der Waals surface area contributed by atoms with Gasteiger partial charge in [0.2, 0.25) is 0 Å². The zero-order valence-electron chi connectivity index (χ0n) is 21.1. The van der Waals surface area contributed by atoms with Crippen molar-refractivity contribution in [3.8, 4) is 17.4 Å². The number of hydrogen-bond acceptors (Lipinski definition) is 8. The van der Waals surface area contributed by atoms with Gasteiger partial charge in [-0.25, -0.2) is 14.6 Å². The number of rotatable bonds is 9. The van der Waals surface area contributed by atoms with Gasteiger partial charge in [0.25, 0.3) is 0 Å². The Balaban J connectivity index is 1.33. The maximum Gasteiger partial charge on any atom is 0.316 e. The molecule has 0 amide bonds. The van der Waals surface area contributed by atoms with Crippen LogP contribution in [0.15, 0.2) is 24.4 Å². The van der Waals surface area contributed by atoms with Crippen molar-refractivity contribution < 1.29 is 14.6 Å². The highest BCUT2D eigenvalue weighted by Gasteiger charge is 2.32. The molecular formula is C26H33N7O3. The lowest BCUT2D eigenvalue weighted by atomic mass is 9.83. The van der Waals surface area contributed by atoms with E-state index in [-0.39, 0.29) is 18.4 Å². The summed E-state index contributed by atoms with van der Waals surface area (Å²) >= 11 is 0. The molecule has 5 rings (SSSR count). The molecule has 1 aliphatic heterocycles. The molecule has 10 nitrogen and oxygen atoms in total. The van der Waals surface area contributed by atoms with Gasteiger partial charge in [-0.1, -0.05) is 25.5 Å². The summed E-state index contributed by atoms with van der Waals surface area (Å²) in [7, 11) is 1.84. The van der Waals surface area contributed by atoms with E-state index >= 15 is 0 Å². The Kier molecular flexibility index (Phi) is 6.84. The van der Waals surface area contributed by atoms with Crippen molar-refractivity contribution in [3.05, 3.63) is 41.5 Å². The first-order valence-electron chi connectivity index (χ1n) is 12.8. The van der Waals surface area contributed by atoms with Gasteiger partial charge in [-0.2, -0.15) is 4.98 Å². The van der Waals surface area contributed by atoms with Crippen LogP contribution in [0.3, 0.4) is 0 Å². The number of hydrogen-bond donors (Lipinski definition) is 1. The lowest BCUT2D eigenvalue weighted by Crippen LogP contribution is -2.26. The minimum atomic E-state index is -0.733. The van der Waals surface area contributed by atoms with Crippen LogP contribution in [0.25, 0.3) is 11.4 Å². The highest BCUT2D eigenvalue weighted by atomic mass is 16.5. The van der Waals surface area contributed by atoms with Crippen molar-refractivity contribution in [2.24, 2.45) is 18.9 Å². The van der Waals surface area contributed by atoms with Crippen molar-refractivity contribution in [1.29, 1.82) is 0 Å². The normalized spacial score (nSPS) is 18.8. The molecule has 2 atom stereocenters. The third kappa shape index (κ3) is 4.76. The summed E-state index contributed by atoms with van der Waals surface area (Å²) < 4.78 is 7.66. The molecule has 4 heterocycles. The first-order chi connectivity index (χ1) is 17.4. The molecule has 190 valence electrons. The quantitative estimate of drug-likeness (QED) is 0.478. The smallest absolute Gasteiger partial charge is 0.316 e. The highest BCUT2D eigenvalue weighted by Crippen LogP contribution is 2.36. The number of aryl methyl sites for hydroxylation is 2. The van der Waals surface area contributed by atoms with Crippen LogP contribution in [0.4, 0.5) is 5.69 Å². The Morgan fingerprint density at radius 2 is 2.06 bits per heavy atom. The Hall–Kier alpha value is -3.56. The molecule has 0 aromatic carbocycles. The van der Waals surface area contributed by atoms with Gasteiger partial charge < -0.3 is 14.7 Å². The van der Waals surface area contributed by atoms with Gasteiger partial charge in [0, 0.05) is 32.3 Å². The minimum absolute atomic E-state index is 0.139. The molecule has 1 N–H and O–H groups in total. The van der Waals surface area contributed by atoms with Gasteiger partial charge in [0.15, 0.2) is 0 Å². The Labute approximate surface area is 210 Å². The fourth-order valence-corrected chi connectivity index (χ4v) is 5.02. The fourth-order valence-electron chi connectivity index (χ4n) is 5.02. The van der Waals surface area contributed by atoms with Crippen LogP contribution >= 0.6 is 0 Å². The summed E-state index contributed by atoms with van der Waals surface area (Å²) in [5.41, 5.74) is 5.27. The molecule has 0 bridgehead atoms. The van der Waals surface area contributed by atoms with Crippen molar-refractivity contribution in [3.63, 3.8) is 0 Å². The fraction of sp³-hybridized carbons (Fsp3) is 0.538. The lowest BCUT2D eigenvalue weighted by Gasteiger charge is -2.24. The molecule has 3 aromatic heterocycles. The molecule has 36 heavy (non-hydrogen) atoms. The van der Waals surface area contributed by atoms with Gasteiger partial charge in [-0.05, 0) is 49.8 Å². The molecule has 10 heteroatoms. The Morgan fingerprint density at radius 1 is 1.22 bits per heavy atom. The maximum atomic E-state index is 11.4. The van der Waals surface area contributed by atoms with E-state index in [0.717, 1.165) is 54.4 Å². The van der Waals surface area contributed by atoms with Crippen molar-refractivity contribution in [1.82, 2.24) is 29.9 Å². The number of carboxylic acids is 1. The Morgan fingerprint density at radius 3 is 2.78 bits per heavy atom. The van der Waals surface area contributed by atoms with Crippen LogP contribution in [0.5, 0.6) is 6.01 Å². The van der Waals surface area contributed by atoms with E-state index in [4.69, 9.17) is 9.72 Å². The summed E-state index contributed by atoms with van der Waals surface area (Å²) in [6, 6.07) is 6.36. The summed E-state index contributed by atoms with van der Waals surface area (Å²) in [5.74, 6) is -0.435. The maximum absolute atomic E-state index is 11.4. The molecule has 0 radical (unpaired) electrons.